The van der Waals surface area contributed by atoms with E-state index in [1.54, 1.807) is 0 Å². The number of carbonyl (C=O) groups excluding carboxylic acids is 3. The lowest BCUT2D eigenvalue weighted by atomic mass is 10.1. The van der Waals surface area contributed by atoms with Crippen LogP contribution in [0.1, 0.15) is 29.9 Å². The van der Waals surface area contributed by atoms with Crippen LogP contribution in [0.4, 0.5) is 0 Å². The molecule has 10 N–H and O–H groups in total. The first-order valence-electron chi connectivity index (χ1n) is 12.2. The van der Waals surface area contributed by atoms with Gasteiger partial charge in [-0.25, -0.2) is 19.7 Å². The van der Waals surface area contributed by atoms with Gasteiger partial charge in [-0.2, -0.15) is 0 Å². The second-order valence-electron chi connectivity index (χ2n) is 8.90. The van der Waals surface area contributed by atoms with Gasteiger partial charge in [-0.1, -0.05) is 0 Å². The zero-order valence-electron chi connectivity index (χ0n) is 21.2. The number of aromatic nitrogens is 6. The number of aliphatic carboxylic acids is 2. The summed E-state index contributed by atoms with van der Waals surface area (Å²) >= 11 is 0. The summed E-state index contributed by atoms with van der Waals surface area (Å²) in [5, 5.41) is 26.1. The minimum Gasteiger partial charge on any atom is -0.481 e. The third-order valence-electron chi connectivity index (χ3n) is 5.82. The fraction of sp³-hybridized carbons (Fsp3) is 0.391. The van der Waals surface area contributed by atoms with Crippen LogP contribution >= 0.6 is 0 Å². The average molecular weight is 559 g/mol. The van der Waals surface area contributed by atoms with Crippen molar-refractivity contribution in [3.05, 3.63) is 54.7 Å². The van der Waals surface area contributed by atoms with Gasteiger partial charge in [-0.15, -0.1) is 0 Å². The molecule has 214 valence electrons. The second-order valence-corrected chi connectivity index (χ2v) is 8.90. The molecule has 0 spiro atoms. The Hall–Kier alpha value is -5.06. The van der Waals surface area contributed by atoms with Gasteiger partial charge in [-0.3, -0.25) is 19.2 Å². The molecular weight excluding hydrogens is 528 g/mol. The van der Waals surface area contributed by atoms with Crippen LogP contribution in [0.25, 0.3) is 0 Å². The monoisotopic (exact) mass is 558 g/mol. The molecule has 17 nitrogen and oxygen atoms in total. The van der Waals surface area contributed by atoms with Gasteiger partial charge < -0.3 is 46.8 Å². The Morgan fingerprint density at radius 3 is 1.62 bits per heavy atom. The number of H-pyrrole nitrogens is 3. The van der Waals surface area contributed by atoms with Crippen molar-refractivity contribution < 1.29 is 34.2 Å². The quantitative estimate of drug-likeness (QED) is 0.0894. The molecule has 3 amide bonds. The number of carboxylic acids is 2. The Labute approximate surface area is 226 Å². The van der Waals surface area contributed by atoms with E-state index in [4.69, 9.17) is 10.8 Å². The molecule has 3 rings (SSSR count). The number of carbonyl (C=O) groups is 5. The van der Waals surface area contributed by atoms with Crippen molar-refractivity contribution >= 4 is 29.7 Å². The van der Waals surface area contributed by atoms with E-state index < -0.39 is 60.2 Å². The maximum absolute atomic E-state index is 13.2. The molecule has 40 heavy (non-hydrogen) atoms. The molecule has 3 heterocycles. The molecule has 0 aliphatic heterocycles. The first-order chi connectivity index (χ1) is 19.1. The first-order valence-corrected chi connectivity index (χ1v) is 12.2. The van der Waals surface area contributed by atoms with Crippen molar-refractivity contribution in [1.82, 2.24) is 45.9 Å². The third kappa shape index (κ3) is 9.05. The highest BCUT2D eigenvalue weighted by Gasteiger charge is 2.31. The predicted octanol–water partition coefficient (Wildman–Crippen LogP) is -2.39. The topological polar surface area (TPSA) is 274 Å². The van der Waals surface area contributed by atoms with Crippen LogP contribution in [-0.4, -0.2) is 93.9 Å². The van der Waals surface area contributed by atoms with Gasteiger partial charge in [0.05, 0.1) is 25.0 Å². The van der Waals surface area contributed by atoms with Crippen molar-refractivity contribution in [3.63, 3.8) is 0 Å². The molecule has 0 aliphatic carbocycles. The largest absolute Gasteiger partial charge is 0.481 e. The van der Waals surface area contributed by atoms with Crippen molar-refractivity contribution in [2.45, 2.75) is 56.3 Å². The minimum atomic E-state index is -1.35. The maximum Gasteiger partial charge on any atom is 0.326 e. The molecule has 0 aromatic carbocycles. The van der Waals surface area contributed by atoms with Crippen molar-refractivity contribution in [2.75, 3.05) is 0 Å². The van der Waals surface area contributed by atoms with E-state index in [0.717, 1.165) is 0 Å². The van der Waals surface area contributed by atoms with Crippen LogP contribution in [0.15, 0.2) is 37.6 Å². The molecule has 17 heteroatoms. The van der Waals surface area contributed by atoms with Crippen LogP contribution in [0.2, 0.25) is 0 Å². The summed E-state index contributed by atoms with van der Waals surface area (Å²) in [6.07, 6.45) is 7.58. The molecular formula is C23H30N10O7. The summed E-state index contributed by atoms with van der Waals surface area (Å²) in [5.41, 5.74) is 7.44. The molecule has 3 aromatic heterocycles. The minimum absolute atomic E-state index is 0.0802. The summed E-state index contributed by atoms with van der Waals surface area (Å²) in [5.74, 6) is -4.92. The van der Waals surface area contributed by atoms with Gasteiger partial charge in [0.15, 0.2) is 0 Å². The van der Waals surface area contributed by atoms with Crippen LogP contribution in [0.5, 0.6) is 0 Å². The fourth-order valence-corrected chi connectivity index (χ4v) is 3.73. The summed E-state index contributed by atoms with van der Waals surface area (Å²) in [6.45, 7) is 0. The number of aromatic amines is 3. The number of hydrogen-bond acceptors (Lipinski definition) is 9. The highest BCUT2D eigenvalue weighted by atomic mass is 16.4. The number of nitrogens with zero attached hydrogens (tertiary/aromatic N) is 3. The Morgan fingerprint density at radius 1 is 0.700 bits per heavy atom. The van der Waals surface area contributed by atoms with Crippen LogP contribution in [-0.2, 0) is 43.2 Å². The molecule has 3 aromatic rings. The third-order valence-corrected chi connectivity index (χ3v) is 5.82. The van der Waals surface area contributed by atoms with E-state index in [9.17, 15) is 29.1 Å². The zero-order chi connectivity index (χ0) is 29.1. The van der Waals surface area contributed by atoms with Crippen molar-refractivity contribution in [1.29, 1.82) is 0 Å². The van der Waals surface area contributed by atoms with E-state index in [1.165, 1.54) is 37.6 Å². The number of carboxylic acid groups (broad SMARTS) is 2. The number of nitrogens with two attached hydrogens (primary N) is 1. The Kier molecular flexibility index (Phi) is 10.5. The Balaban J connectivity index is 1.73. The number of imidazole rings is 3. The smallest absolute Gasteiger partial charge is 0.326 e. The number of rotatable bonds is 16. The van der Waals surface area contributed by atoms with E-state index in [-0.39, 0.29) is 25.7 Å². The van der Waals surface area contributed by atoms with E-state index in [2.05, 4.69) is 45.9 Å². The summed E-state index contributed by atoms with van der Waals surface area (Å²) in [6, 6.07) is -5.09. The normalized spacial score (nSPS) is 13.9. The van der Waals surface area contributed by atoms with Gasteiger partial charge >= 0.3 is 11.9 Å². The Morgan fingerprint density at radius 2 is 1.15 bits per heavy atom. The number of amides is 3. The Bertz CT molecular complexity index is 1260. The van der Waals surface area contributed by atoms with Crippen molar-refractivity contribution in [2.24, 2.45) is 5.73 Å². The lowest BCUT2D eigenvalue weighted by molar-refractivity contribution is -0.142. The molecule has 4 atom stereocenters. The fourth-order valence-electron chi connectivity index (χ4n) is 3.73. The number of nitrogens with one attached hydrogen (secondary N) is 6. The summed E-state index contributed by atoms with van der Waals surface area (Å²) in [4.78, 5) is 82.1. The van der Waals surface area contributed by atoms with Gasteiger partial charge in [0.1, 0.15) is 18.1 Å². The lowest BCUT2D eigenvalue weighted by Crippen LogP contribution is -2.58. The maximum atomic E-state index is 13.2. The molecule has 4 unspecified atom stereocenters. The zero-order valence-corrected chi connectivity index (χ0v) is 21.2. The van der Waals surface area contributed by atoms with Crippen LogP contribution < -0.4 is 21.7 Å². The molecule has 0 saturated carbocycles. The van der Waals surface area contributed by atoms with Crippen LogP contribution in [0, 0.1) is 0 Å². The highest BCUT2D eigenvalue weighted by molar-refractivity contribution is 5.94. The van der Waals surface area contributed by atoms with Gasteiger partial charge in [0.25, 0.3) is 0 Å². The molecule has 0 aliphatic rings. The van der Waals surface area contributed by atoms with E-state index in [0.29, 0.717) is 17.1 Å². The predicted molar refractivity (Wildman–Crippen MR) is 135 cm³/mol. The highest BCUT2D eigenvalue weighted by Crippen LogP contribution is 2.06. The van der Waals surface area contributed by atoms with Gasteiger partial charge in [0, 0.05) is 61.4 Å². The lowest BCUT2D eigenvalue weighted by Gasteiger charge is -2.25. The molecule has 0 fully saturated rings. The summed E-state index contributed by atoms with van der Waals surface area (Å²) in [7, 11) is 0. The molecule has 0 saturated heterocycles. The average Bonchev–Trinajstić information content (AvgIpc) is 3.70. The SMILES string of the molecule is NC(Cc1cnc[nH]1)C(=O)NC(CCC(=O)O)C(=O)NC(Cc1cnc[nH]1)C(=O)NC(Cc1cnc[nH]1)C(=O)O. The summed E-state index contributed by atoms with van der Waals surface area (Å²) < 4.78 is 0. The van der Waals surface area contributed by atoms with E-state index >= 15 is 0 Å². The number of hydrogen-bond donors (Lipinski definition) is 9. The first kappa shape index (κ1) is 29.5. The molecule has 0 radical (unpaired) electrons. The van der Waals surface area contributed by atoms with E-state index in [1.807, 2.05) is 0 Å². The standard InChI is InChI=1S/C23H30N10O7/c24-15(3-12-6-25-9-28-12)20(36)31-16(1-2-19(34)35)21(37)32-17(4-13-7-26-10-29-13)22(38)33-18(23(39)40)5-14-8-27-11-30-14/h6-11,15-18H,1-5,24H2,(H,25,28)(H,26,29)(H,27,30)(H,31,36)(H,32,37)(H,33,38)(H,34,35)(H,39,40). The van der Waals surface area contributed by atoms with Crippen molar-refractivity contribution in [3.8, 4) is 0 Å². The second kappa shape index (κ2) is 14.2. The van der Waals surface area contributed by atoms with Crippen LogP contribution in [0.3, 0.4) is 0 Å². The van der Waals surface area contributed by atoms with Gasteiger partial charge in [0.2, 0.25) is 17.7 Å². The van der Waals surface area contributed by atoms with Gasteiger partial charge in [-0.05, 0) is 6.42 Å². The molecule has 0 bridgehead atoms.